The molecule has 148 valence electrons. The monoisotopic (exact) mass is 410 g/mol. The highest BCUT2D eigenvalue weighted by atomic mass is 35.5. The summed E-state index contributed by atoms with van der Waals surface area (Å²) in [7, 11) is 0. The molecule has 0 aliphatic carbocycles. The Kier molecular flexibility index (Phi) is 4.93. The molecule has 3 aromatic rings. The van der Waals surface area contributed by atoms with Crippen LogP contribution in [-0.2, 0) is 10.9 Å². The second kappa shape index (κ2) is 7.25. The molecule has 5 nitrogen and oxygen atoms in total. The molecule has 0 unspecified atom stereocenters. The van der Waals surface area contributed by atoms with E-state index in [0.717, 1.165) is 12.8 Å². The van der Waals surface area contributed by atoms with Crippen molar-refractivity contribution in [2.45, 2.75) is 32.0 Å². The number of nitrogens with one attached hydrogen (secondary N) is 1. The lowest BCUT2D eigenvalue weighted by molar-refractivity contribution is -0.140. The first kappa shape index (κ1) is 19.0. The average Bonchev–Trinajstić information content (AvgIpc) is 3.27. The quantitative estimate of drug-likeness (QED) is 0.660. The zero-order chi connectivity index (χ0) is 19.9. The number of ether oxygens (including phenoxy) is 1. The van der Waals surface area contributed by atoms with Gasteiger partial charge in [-0.05, 0) is 37.5 Å². The lowest BCUT2D eigenvalue weighted by Gasteiger charge is -2.13. The highest BCUT2D eigenvalue weighted by molar-refractivity contribution is 6.30. The van der Waals surface area contributed by atoms with E-state index >= 15 is 0 Å². The van der Waals surface area contributed by atoms with Crippen molar-refractivity contribution in [1.29, 1.82) is 0 Å². The molecule has 1 fully saturated rings. The predicted octanol–water partition coefficient (Wildman–Crippen LogP) is 4.97. The minimum atomic E-state index is -4.62. The Bertz CT molecular complexity index is 995. The maximum absolute atomic E-state index is 13.7. The number of halogens is 4. The molecule has 1 aliphatic heterocycles. The second-order valence-electron chi connectivity index (χ2n) is 6.76. The number of nitrogens with zero attached hydrogens (tertiary/aromatic N) is 3. The predicted molar refractivity (Wildman–Crippen MR) is 101 cm³/mol. The number of fused-ring (bicyclic) bond motifs is 1. The molecule has 9 heteroatoms. The van der Waals surface area contributed by atoms with Crippen molar-refractivity contribution in [3.63, 3.8) is 0 Å². The Morgan fingerprint density at radius 1 is 1.29 bits per heavy atom. The first-order valence-corrected chi connectivity index (χ1v) is 9.30. The summed E-state index contributed by atoms with van der Waals surface area (Å²) in [4.78, 5) is 4.35. The molecule has 2 aromatic heterocycles. The summed E-state index contributed by atoms with van der Waals surface area (Å²) in [6.45, 7) is 2.94. The number of aryl methyl sites for hydroxylation is 1. The Balaban J connectivity index is 1.85. The standard InChI is InChI=1S/C19H18ClF3N4O/c1-11-9-15(24-10-14-3-2-8-28-14)27-18(25-11)16(17(26-27)19(21,22)23)12-4-6-13(20)7-5-12/h4-7,9,14,24H,2-3,8,10H2,1H3/t14-/m0/s1. The maximum Gasteiger partial charge on any atom is 0.435 e. The van der Waals surface area contributed by atoms with Gasteiger partial charge in [-0.3, -0.25) is 0 Å². The third-order valence-corrected chi connectivity index (χ3v) is 4.91. The van der Waals surface area contributed by atoms with Gasteiger partial charge in [-0.25, -0.2) is 4.98 Å². The van der Waals surface area contributed by atoms with Crippen LogP contribution in [0.4, 0.5) is 19.0 Å². The summed E-state index contributed by atoms with van der Waals surface area (Å²) in [6.07, 6.45) is -2.68. The summed E-state index contributed by atoms with van der Waals surface area (Å²) >= 11 is 5.89. The number of aromatic nitrogens is 3. The average molecular weight is 411 g/mol. The third-order valence-electron chi connectivity index (χ3n) is 4.65. The zero-order valence-electron chi connectivity index (χ0n) is 15.1. The minimum absolute atomic E-state index is 0.0388. The third kappa shape index (κ3) is 3.66. The van der Waals surface area contributed by atoms with Crippen LogP contribution in [0.15, 0.2) is 30.3 Å². The van der Waals surface area contributed by atoms with E-state index in [-0.39, 0.29) is 17.3 Å². The van der Waals surface area contributed by atoms with Crippen LogP contribution in [0, 0.1) is 6.92 Å². The lowest BCUT2D eigenvalue weighted by atomic mass is 10.1. The highest BCUT2D eigenvalue weighted by Crippen LogP contribution is 2.39. The van der Waals surface area contributed by atoms with Crippen LogP contribution >= 0.6 is 11.6 Å². The van der Waals surface area contributed by atoms with Crippen LogP contribution in [0.3, 0.4) is 0 Å². The van der Waals surface area contributed by atoms with E-state index < -0.39 is 11.9 Å². The number of anilines is 1. The molecule has 3 heterocycles. The fourth-order valence-corrected chi connectivity index (χ4v) is 3.50. The summed E-state index contributed by atoms with van der Waals surface area (Å²) < 4.78 is 48.0. The van der Waals surface area contributed by atoms with Gasteiger partial charge in [-0.2, -0.15) is 22.8 Å². The van der Waals surface area contributed by atoms with Crippen molar-refractivity contribution >= 4 is 23.1 Å². The fraction of sp³-hybridized carbons (Fsp3) is 0.368. The smallest absolute Gasteiger partial charge is 0.376 e. The van der Waals surface area contributed by atoms with Gasteiger partial charge in [-0.15, -0.1) is 0 Å². The summed E-state index contributed by atoms with van der Waals surface area (Å²) in [6, 6.07) is 7.86. The Labute approximate surface area is 164 Å². The van der Waals surface area contributed by atoms with Crippen molar-refractivity contribution in [2.24, 2.45) is 0 Å². The number of rotatable bonds is 4. The molecule has 1 saturated heterocycles. The van der Waals surface area contributed by atoms with Crippen LogP contribution in [-0.4, -0.2) is 33.9 Å². The number of alkyl halides is 3. The first-order valence-electron chi connectivity index (χ1n) is 8.92. The molecule has 1 N–H and O–H groups in total. The van der Waals surface area contributed by atoms with Crippen molar-refractivity contribution in [1.82, 2.24) is 14.6 Å². The van der Waals surface area contributed by atoms with E-state index in [0.29, 0.717) is 35.2 Å². The van der Waals surface area contributed by atoms with E-state index in [2.05, 4.69) is 15.4 Å². The molecule has 0 radical (unpaired) electrons. The molecule has 28 heavy (non-hydrogen) atoms. The van der Waals surface area contributed by atoms with Gasteiger partial charge in [0, 0.05) is 29.9 Å². The molecule has 0 amide bonds. The molecule has 0 saturated carbocycles. The Hall–Kier alpha value is -2.32. The summed E-state index contributed by atoms with van der Waals surface area (Å²) in [5.74, 6) is 0.448. The normalized spacial score (nSPS) is 17.4. The Morgan fingerprint density at radius 3 is 2.68 bits per heavy atom. The SMILES string of the molecule is Cc1cc(NC[C@@H]2CCCO2)n2nc(C(F)(F)F)c(-c3ccc(Cl)cc3)c2n1. The fourth-order valence-electron chi connectivity index (χ4n) is 3.37. The van der Waals surface area contributed by atoms with E-state index in [1.807, 2.05) is 0 Å². The van der Waals surface area contributed by atoms with E-state index in [9.17, 15) is 13.2 Å². The van der Waals surface area contributed by atoms with Crippen molar-refractivity contribution in [3.05, 3.63) is 46.7 Å². The second-order valence-corrected chi connectivity index (χ2v) is 7.20. The zero-order valence-corrected chi connectivity index (χ0v) is 15.8. The van der Waals surface area contributed by atoms with Gasteiger partial charge in [0.15, 0.2) is 11.3 Å². The van der Waals surface area contributed by atoms with Gasteiger partial charge < -0.3 is 10.1 Å². The van der Waals surface area contributed by atoms with Crippen LogP contribution in [0.5, 0.6) is 0 Å². The van der Waals surface area contributed by atoms with Crippen LogP contribution in [0.1, 0.15) is 24.2 Å². The summed E-state index contributed by atoms with van der Waals surface area (Å²) in [5.41, 5.74) is 0.0479. The van der Waals surface area contributed by atoms with E-state index in [4.69, 9.17) is 16.3 Å². The number of hydrogen-bond acceptors (Lipinski definition) is 4. The molecule has 0 bridgehead atoms. The van der Waals surface area contributed by atoms with Gasteiger partial charge in [0.2, 0.25) is 0 Å². The maximum atomic E-state index is 13.7. The van der Waals surface area contributed by atoms with Gasteiger partial charge in [0.05, 0.1) is 11.7 Å². The van der Waals surface area contributed by atoms with E-state index in [1.165, 1.54) is 16.6 Å². The molecule has 0 spiro atoms. The minimum Gasteiger partial charge on any atom is -0.376 e. The van der Waals surface area contributed by atoms with Gasteiger partial charge in [0.25, 0.3) is 0 Å². The van der Waals surface area contributed by atoms with Gasteiger partial charge in [-0.1, -0.05) is 23.7 Å². The molecule has 1 atom stereocenters. The van der Waals surface area contributed by atoms with Crippen LogP contribution in [0.25, 0.3) is 16.8 Å². The van der Waals surface area contributed by atoms with Crippen LogP contribution in [0.2, 0.25) is 5.02 Å². The molecular formula is C19H18ClF3N4O. The Morgan fingerprint density at radius 2 is 2.04 bits per heavy atom. The largest absolute Gasteiger partial charge is 0.435 e. The van der Waals surface area contributed by atoms with Gasteiger partial charge in [0.1, 0.15) is 5.82 Å². The number of benzene rings is 1. The molecular weight excluding hydrogens is 393 g/mol. The van der Waals surface area contributed by atoms with Crippen LogP contribution < -0.4 is 5.32 Å². The molecule has 4 rings (SSSR count). The highest BCUT2D eigenvalue weighted by Gasteiger charge is 2.39. The topological polar surface area (TPSA) is 51.5 Å². The van der Waals surface area contributed by atoms with Crippen molar-refractivity contribution in [3.8, 4) is 11.1 Å². The summed E-state index contributed by atoms with van der Waals surface area (Å²) in [5, 5.41) is 7.47. The van der Waals surface area contributed by atoms with Gasteiger partial charge >= 0.3 is 6.18 Å². The number of hydrogen-bond donors (Lipinski definition) is 1. The van der Waals surface area contributed by atoms with Crippen molar-refractivity contribution < 1.29 is 17.9 Å². The molecule has 1 aromatic carbocycles. The first-order chi connectivity index (χ1) is 13.3. The molecule has 1 aliphatic rings. The van der Waals surface area contributed by atoms with E-state index in [1.54, 1.807) is 25.1 Å². The van der Waals surface area contributed by atoms with Crippen molar-refractivity contribution in [2.75, 3.05) is 18.5 Å². The lowest BCUT2D eigenvalue weighted by Crippen LogP contribution is -2.20.